The van der Waals surface area contributed by atoms with Crippen LogP contribution < -0.4 is 5.56 Å². The molecule has 0 N–H and O–H groups in total. The van der Waals surface area contributed by atoms with E-state index in [0.29, 0.717) is 33.0 Å². The van der Waals surface area contributed by atoms with E-state index in [4.69, 9.17) is 11.6 Å². The van der Waals surface area contributed by atoms with Gasteiger partial charge in [-0.2, -0.15) is 0 Å². The molecule has 164 valence electrons. The van der Waals surface area contributed by atoms with Gasteiger partial charge < -0.3 is 0 Å². The fourth-order valence-corrected chi connectivity index (χ4v) is 3.93. The molecule has 5 heteroatoms. The Morgan fingerprint density at radius 1 is 0.765 bits per heavy atom. The predicted molar refractivity (Wildman–Crippen MR) is 138 cm³/mol. The number of para-hydroxylation sites is 1. The van der Waals surface area contributed by atoms with Crippen molar-refractivity contribution < 1.29 is 4.79 Å². The first kappa shape index (κ1) is 21.6. The highest BCUT2D eigenvalue weighted by molar-refractivity contribution is 6.30. The van der Waals surface area contributed by atoms with Crippen LogP contribution in [0.5, 0.6) is 0 Å². The Labute approximate surface area is 201 Å². The molecule has 34 heavy (non-hydrogen) atoms. The maximum Gasteiger partial charge on any atom is 0.266 e. The van der Waals surface area contributed by atoms with E-state index >= 15 is 0 Å². The summed E-state index contributed by atoms with van der Waals surface area (Å²) in [6.45, 7) is 0. The lowest BCUT2D eigenvalue weighted by molar-refractivity contribution is 0.104. The van der Waals surface area contributed by atoms with Crippen LogP contribution in [0.4, 0.5) is 0 Å². The average Bonchev–Trinajstić information content (AvgIpc) is 2.89. The van der Waals surface area contributed by atoms with Crippen molar-refractivity contribution in [2.24, 2.45) is 0 Å². The van der Waals surface area contributed by atoms with Crippen LogP contribution in [0.3, 0.4) is 0 Å². The Hall–Kier alpha value is -4.28. The van der Waals surface area contributed by atoms with E-state index in [1.54, 1.807) is 60.7 Å². The van der Waals surface area contributed by atoms with E-state index in [0.717, 1.165) is 11.1 Å². The van der Waals surface area contributed by atoms with Crippen LogP contribution in [0.2, 0.25) is 5.02 Å². The van der Waals surface area contributed by atoms with E-state index in [-0.39, 0.29) is 11.3 Å². The largest absolute Gasteiger partial charge is 0.289 e. The number of fused-ring (bicyclic) bond motifs is 1. The zero-order valence-corrected chi connectivity index (χ0v) is 18.8. The van der Waals surface area contributed by atoms with Crippen molar-refractivity contribution >= 4 is 34.4 Å². The lowest BCUT2D eigenvalue weighted by atomic mass is 10.0. The second-order valence-electron chi connectivity index (χ2n) is 7.75. The molecule has 0 aliphatic rings. The summed E-state index contributed by atoms with van der Waals surface area (Å²) in [6, 6.07) is 31.5. The molecule has 0 aliphatic carbocycles. The Kier molecular flexibility index (Phi) is 5.90. The number of ketones is 1. The lowest BCUT2D eigenvalue weighted by Gasteiger charge is -2.11. The van der Waals surface area contributed by atoms with E-state index < -0.39 is 0 Å². The second kappa shape index (κ2) is 9.30. The minimum Gasteiger partial charge on any atom is -0.289 e. The summed E-state index contributed by atoms with van der Waals surface area (Å²) in [6.07, 6.45) is 3.02. The summed E-state index contributed by atoms with van der Waals surface area (Å²) in [7, 11) is 0. The predicted octanol–water partition coefficient (Wildman–Crippen LogP) is 6.60. The number of aromatic nitrogens is 2. The molecule has 1 aromatic heterocycles. The third-order valence-electron chi connectivity index (χ3n) is 5.55. The number of carbonyl (C=O) groups excluding carboxylic acids is 1. The van der Waals surface area contributed by atoms with Gasteiger partial charge >= 0.3 is 0 Å². The van der Waals surface area contributed by atoms with Crippen molar-refractivity contribution in [3.63, 3.8) is 0 Å². The third-order valence-corrected chi connectivity index (χ3v) is 5.80. The summed E-state index contributed by atoms with van der Waals surface area (Å²) < 4.78 is 1.49. The van der Waals surface area contributed by atoms with Crippen LogP contribution in [0.15, 0.2) is 114 Å². The minimum absolute atomic E-state index is 0.176. The summed E-state index contributed by atoms with van der Waals surface area (Å²) in [5, 5.41) is 1.06. The summed E-state index contributed by atoms with van der Waals surface area (Å²) in [5.41, 5.74) is 3.65. The molecule has 0 radical (unpaired) electrons. The molecule has 4 aromatic carbocycles. The molecule has 0 aliphatic heterocycles. The monoisotopic (exact) mass is 462 g/mol. The smallest absolute Gasteiger partial charge is 0.266 e. The van der Waals surface area contributed by atoms with Crippen LogP contribution >= 0.6 is 11.6 Å². The molecule has 0 fully saturated rings. The van der Waals surface area contributed by atoms with E-state index in [1.165, 1.54) is 10.6 Å². The normalized spacial score (nSPS) is 11.2. The first-order chi connectivity index (χ1) is 16.6. The van der Waals surface area contributed by atoms with Crippen LogP contribution in [0, 0.1) is 0 Å². The number of rotatable bonds is 5. The van der Waals surface area contributed by atoms with Gasteiger partial charge in [-0.15, -0.1) is 0 Å². The van der Waals surface area contributed by atoms with Crippen molar-refractivity contribution in [1.82, 2.24) is 9.55 Å². The van der Waals surface area contributed by atoms with Gasteiger partial charge in [-0.1, -0.05) is 78.3 Å². The molecule has 0 saturated heterocycles. The fraction of sp³-hybridized carbons (Fsp3) is 0. The Bertz CT molecular complexity index is 1570. The first-order valence-corrected chi connectivity index (χ1v) is 11.1. The topological polar surface area (TPSA) is 52.0 Å². The number of benzene rings is 4. The molecular formula is C29H19ClN2O2. The van der Waals surface area contributed by atoms with Crippen molar-refractivity contribution in [2.45, 2.75) is 0 Å². The van der Waals surface area contributed by atoms with E-state index in [9.17, 15) is 9.59 Å². The van der Waals surface area contributed by atoms with Crippen LogP contribution in [-0.4, -0.2) is 15.3 Å². The Morgan fingerprint density at radius 3 is 2.15 bits per heavy atom. The molecule has 5 rings (SSSR count). The van der Waals surface area contributed by atoms with Gasteiger partial charge in [0.25, 0.3) is 5.56 Å². The molecule has 0 unspecified atom stereocenters. The molecule has 5 aromatic rings. The highest BCUT2D eigenvalue weighted by Crippen LogP contribution is 2.20. The van der Waals surface area contributed by atoms with Crippen molar-refractivity contribution in [1.29, 1.82) is 0 Å². The van der Waals surface area contributed by atoms with Gasteiger partial charge in [-0.25, -0.2) is 4.98 Å². The van der Waals surface area contributed by atoms with Gasteiger partial charge in [0.2, 0.25) is 0 Å². The molecule has 1 heterocycles. The maximum atomic E-state index is 13.3. The van der Waals surface area contributed by atoms with Crippen LogP contribution in [-0.2, 0) is 0 Å². The lowest BCUT2D eigenvalue weighted by Crippen LogP contribution is -2.22. The molecule has 0 atom stereocenters. The van der Waals surface area contributed by atoms with E-state index in [2.05, 4.69) is 4.98 Å². The quantitative estimate of drug-likeness (QED) is 0.218. The SMILES string of the molecule is O=C(/C=C/c1nc2ccccc2c(=O)n1-c1ccc(Cl)cc1)c1ccc(-c2ccccc2)cc1. The summed E-state index contributed by atoms with van der Waals surface area (Å²) in [5.74, 6) is 0.185. The van der Waals surface area contributed by atoms with Crippen LogP contribution in [0.25, 0.3) is 33.8 Å². The average molecular weight is 463 g/mol. The number of halogens is 1. The second-order valence-corrected chi connectivity index (χ2v) is 8.18. The van der Waals surface area contributed by atoms with Gasteiger partial charge in [0.15, 0.2) is 5.78 Å². The van der Waals surface area contributed by atoms with E-state index in [1.807, 2.05) is 48.5 Å². The van der Waals surface area contributed by atoms with Crippen molar-refractivity contribution in [2.75, 3.05) is 0 Å². The molecular weight excluding hydrogens is 444 g/mol. The van der Waals surface area contributed by atoms with Crippen molar-refractivity contribution in [3.05, 3.63) is 136 Å². The Balaban J connectivity index is 1.52. The summed E-state index contributed by atoms with van der Waals surface area (Å²) >= 11 is 6.03. The highest BCUT2D eigenvalue weighted by Gasteiger charge is 2.12. The van der Waals surface area contributed by atoms with Gasteiger partial charge in [0.1, 0.15) is 5.82 Å². The molecule has 0 spiro atoms. The zero-order chi connectivity index (χ0) is 23.5. The zero-order valence-electron chi connectivity index (χ0n) is 18.1. The maximum absolute atomic E-state index is 13.3. The standard InChI is InChI=1S/C29H19ClN2O2/c30-23-14-16-24(17-15-23)32-28(31-26-9-5-4-8-25(26)29(32)34)19-18-27(33)22-12-10-21(11-13-22)20-6-2-1-3-7-20/h1-19H/b19-18+. The number of hydrogen-bond acceptors (Lipinski definition) is 3. The number of carbonyl (C=O) groups is 1. The molecule has 0 bridgehead atoms. The third kappa shape index (κ3) is 4.32. The van der Waals surface area contributed by atoms with Crippen LogP contribution in [0.1, 0.15) is 16.2 Å². The van der Waals surface area contributed by atoms with Gasteiger partial charge in [0.05, 0.1) is 16.6 Å². The first-order valence-electron chi connectivity index (χ1n) is 10.8. The Morgan fingerprint density at radius 2 is 1.41 bits per heavy atom. The number of nitrogens with zero attached hydrogens (tertiary/aromatic N) is 2. The number of hydrogen-bond donors (Lipinski definition) is 0. The molecule has 4 nitrogen and oxygen atoms in total. The van der Waals surface area contributed by atoms with Gasteiger partial charge in [-0.05, 0) is 59.7 Å². The molecule has 0 saturated carbocycles. The summed E-state index contributed by atoms with van der Waals surface area (Å²) in [4.78, 5) is 30.8. The molecule has 0 amide bonds. The minimum atomic E-state index is -0.216. The van der Waals surface area contributed by atoms with Gasteiger partial charge in [0, 0.05) is 10.6 Å². The van der Waals surface area contributed by atoms with Crippen molar-refractivity contribution in [3.8, 4) is 16.8 Å². The highest BCUT2D eigenvalue weighted by atomic mass is 35.5. The van der Waals surface area contributed by atoms with Gasteiger partial charge in [-0.3, -0.25) is 14.2 Å². The number of allylic oxidation sites excluding steroid dienone is 1. The fourth-order valence-electron chi connectivity index (χ4n) is 3.81.